The Morgan fingerprint density at radius 1 is 0.727 bits per heavy atom. The largest absolute Gasteiger partial charge is 0.490 e. The van der Waals surface area contributed by atoms with Crippen LogP contribution in [0, 0.1) is 0 Å². The van der Waals surface area contributed by atoms with Gasteiger partial charge in [-0.05, 0) is 30.5 Å². The predicted molar refractivity (Wildman–Crippen MR) is 138 cm³/mol. The number of rotatable bonds is 18. The maximum Gasteiger partial charge on any atom is 0.221 e. The van der Waals surface area contributed by atoms with Gasteiger partial charge in [0, 0.05) is 18.2 Å². The summed E-state index contributed by atoms with van der Waals surface area (Å²) in [5, 5.41) is 0. The Kier molecular flexibility index (Phi) is 13.1. The van der Waals surface area contributed by atoms with Gasteiger partial charge in [-0.25, -0.2) is 4.98 Å². The molecule has 0 radical (unpaired) electrons. The van der Waals surface area contributed by atoms with Crippen LogP contribution in [0.4, 0.5) is 11.8 Å². The van der Waals surface area contributed by atoms with Gasteiger partial charge in [0.05, 0.1) is 13.2 Å². The predicted octanol–water partition coefficient (Wildman–Crippen LogP) is 6.71. The van der Waals surface area contributed by atoms with Crippen molar-refractivity contribution in [3.8, 4) is 11.5 Å². The van der Waals surface area contributed by atoms with Crippen molar-refractivity contribution >= 4 is 11.8 Å². The minimum atomic E-state index is 0.192. The normalized spacial score (nSPS) is 11.0. The summed E-state index contributed by atoms with van der Waals surface area (Å²) in [6.45, 7) is 5.91. The topological polar surface area (TPSA) is 96.3 Å². The fraction of sp³-hybridized carbons (Fsp3) is 0.630. The Balaban J connectivity index is 1.94. The number of nitrogens with zero attached hydrogens (tertiary/aromatic N) is 2. The SMILES string of the molecule is CCCCCCCCOc1ccc(Cc2cnc(N)nc2N)cc1OCCCCCCCC. The Hall–Kier alpha value is -2.50. The number of nitrogen functional groups attached to an aromatic ring is 2. The zero-order valence-electron chi connectivity index (χ0n) is 20.8. The van der Waals surface area contributed by atoms with Crippen LogP contribution in [-0.4, -0.2) is 23.2 Å². The summed E-state index contributed by atoms with van der Waals surface area (Å²) in [6.07, 6.45) is 17.2. The molecule has 2 aromatic rings. The fourth-order valence-electron chi connectivity index (χ4n) is 3.81. The van der Waals surface area contributed by atoms with Gasteiger partial charge in [0.25, 0.3) is 0 Å². The van der Waals surface area contributed by atoms with Crippen LogP contribution in [-0.2, 0) is 6.42 Å². The first kappa shape index (κ1) is 26.7. The lowest BCUT2D eigenvalue weighted by atomic mass is 10.1. The van der Waals surface area contributed by atoms with Crippen LogP contribution < -0.4 is 20.9 Å². The molecule has 6 heteroatoms. The van der Waals surface area contributed by atoms with E-state index >= 15 is 0 Å². The van der Waals surface area contributed by atoms with Crippen LogP contribution >= 0.6 is 0 Å². The van der Waals surface area contributed by atoms with Crippen LogP contribution in [0.5, 0.6) is 11.5 Å². The van der Waals surface area contributed by atoms with Crippen molar-refractivity contribution in [3.05, 3.63) is 35.5 Å². The molecule has 4 N–H and O–H groups in total. The van der Waals surface area contributed by atoms with Gasteiger partial charge in [-0.1, -0.05) is 84.1 Å². The third kappa shape index (κ3) is 10.8. The number of ether oxygens (including phenoxy) is 2. The molecule has 0 aliphatic carbocycles. The number of nitrogens with two attached hydrogens (primary N) is 2. The van der Waals surface area contributed by atoms with Crippen LogP contribution in [0.25, 0.3) is 0 Å². The lowest BCUT2D eigenvalue weighted by molar-refractivity contribution is 0.258. The minimum Gasteiger partial charge on any atom is -0.490 e. The summed E-state index contributed by atoms with van der Waals surface area (Å²) in [4.78, 5) is 8.14. The first-order chi connectivity index (χ1) is 16.1. The molecule has 1 aromatic heterocycles. The molecular formula is C27H44N4O2. The molecular weight excluding hydrogens is 412 g/mol. The quantitative estimate of drug-likeness (QED) is 0.242. The summed E-state index contributed by atoms with van der Waals surface area (Å²) in [7, 11) is 0. The standard InChI is InChI=1S/C27H44N4O2/c1-3-5-7-9-11-13-17-32-24-16-15-22(19-23-21-30-27(29)31-26(23)28)20-25(24)33-18-14-12-10-8-6-4-2/h15-16,20-21H,3-14,17-19H2,1-2H3,(H4,28,29,30,31). The lowest BCUT2D eigenvalue weighted by Gasteiger charge is -2.15. The highest BCUT2D eigenvalue weighted by Crippen LogP contribution is 2.30. The Labute approximate surface area is 200 Å². The molecule has 0 spiro atoms. The summed E-state index contributed by atoms with van der Waals surface area (Å²) in [5.41, 5.74) is 13.6. The van der Waals surface area contributed by atoms with Gasteiger partial charge in [-0.15, -0.1) is 0 Å². The van der Waals surface area contributed by atoms with Crippen LogP contribution in [0.15, 0.2) is 24.4 Å². The van der Waals surface area contributed by atoms with E-state index in [0.717, 1.165) is 42.1 Å². The molecule has 2 rings (SSSR count). The van der Waals surface area contributed by atoms with E-state index in [4.69, 9.17) is 20.9 Å². The summed E-state index contributed by atoms with van der Waals surface area (Å²) in [5.74, 6) is 2.24. The van der Waals surface area contributed by atoms with Gasteiger partial charge in [0.15, 0.2) is 11.5 Å². The van der Waals surface area contributed by atoms with Gasteiger partial charge < -0.3 is 20.9 Å². The molecule has 6 nitrogen and oxygen atoms in total. The molecule has 0 bridgehead atoms. The number of hydrogen-bond donors (Lipinski definition) is 2. The molecule has 0 aliphatic heterocycles. The van der Waals surface area contributed by atoms with E-state index in [1.54, 1.807) is 6.20 Å². The molecule has 0 atom stereocenters. The monoisotopic (exact) mass is 456 g/mol. The maximum atomic E-state index is 6.17. The van der Waals surface area contributed by atoms with E-state index in [1.807, 2.05) is 6.07 Å². The number of anilines is 2. The second-order valence-corrected chi connectivity index (χ2v) is 8.83. The second kappa shape index (κ2) is 16.2. The third-order valence-electron chi connectivity index (χ3n) is 5.83. The van der Waals surface area contributed by atoms with Crippen LogP contribution in [0.1, 0.15) is 102 Å². The Morgan fingerprint density at radius 2 is 1.30 bits per heavy atom. The van der Waals surface area contributed by atoms with Gasteiger partial charge in [-0.2, -0.15) is 4.98 Å². The van der Waals surface area contributed by atoms with Crippen molar-refractivity contribution < 1.29 is 9.47 Å². The van der Waals surface area contributed by atoms with Crippen molar-refractivity contribution in [3.63, 3.8) is 0 Å². The molecule has 1 aromatic carbocycles. The maximum absolute atomic E-state index is 6.17. The van der Waals surface area contributed by atoms with E-state index < -0.39 is 0 Å². The fourth-order valence-corrected chi connectivity index (χ4v) is 3.81. The van der Waals surface area contributed by atoms with E-state index in [0.29, 0.717) is 18.8 Å². The van der Waals surface area contributed by atoms with Crippen molar-refractivity contribution in [1.82, 2.24) is 9.97 Å². The summed E-state index contributed by atoms with van der Waals surface area (Å²) in [6, 6.07) is 6.13. The van der Waals surface area contributed by atoms with Crippen molar-refractivity contribution in [1.29, 1.82) is 0 Å². The van der Waals surface area contributed by atoms with Crippen LogP contribution in [0.3, 0.4) is 0 Å². The number of benzene rings is 1. The van der Waals surface area contributed by atoms with Gasteiger partial charge in [-0.3, -0.25) is 0 Å². The molecule has 1 heterocycles. The Bertz CT molecular complexity index is 798. The van der Waals surface area contributed by atoms with E-state index in [2.05, 4.69) is 35.9 Å². The molecule has 0 saturated heterocycles. The van der Waals surface area contributed by atoms with Crippen molar-refractivity contribution in [2.24, 2.45) is 0 Å². The summed E-state index contributed by atoms with van der Waals surface area (Å²) >= 11 is 0. The first-order valence-electron chi connectivity index (χ1n) is 12.9. The van der Waals surface area contributed by atoms with Crippen molar-refractivity contribution in [2.45, 2.75) is 97.3 Å². The van der Waals surface area contributed by atoms with E-state index in [9.17, 15) is 0 Å². The number of unbranched alkanes of at least 4 members (excludes halogenated alkanes) is 10. The third-order valence-corrected chi connectivity index (χ3v) is 5.83. The van der Waals surface area contributed by atoms with Crippen LogP contribution in [0.2, 0.25) is 0 Å². The van der Waals surface area contributed by atoms with Gasteiger partial charge >= 0.3 is 0 Å². The average molecular weight is 457 g/mol. The smallest absolute Gasteiger partial charge is 0.221 e. The van der Waals surface area contributed by atoms with Crippen molar-refractivity contribution in [2.75, 3.05) is 24.7 Å². The molecule has 0 saturated carbocycles. The van der Waals surface area contributed by atoms with E-state index in [1.165, 1.54) is 64.2 Å². The van der Waals surface area contributed by atoms with Gasteiger partial charge in [0.1, 0.15) is 5.82 Å². The molecule has 0 fully saturated rings. The highest BCUT2D eigenvalue weighted by atomic mass is 16.5. The average Bonchev–Trinajstić information content (AvgIpc) is 2.80. The zero-order chi connectivity index (χ0) is 23.7. The molecule has 184 valence electrons. The minimum absolute atomic E-state index is 0.192. The number of aromatic nitrogens is 2. The van der Waals surface area contributed by atoms with Gasteiger partial charge in [0.2, 0.25) is 5.95 Å². The molecule has 0 amide bonds. The first-order valence-corrected chi connectivity index (χ1v) is 12.9. The zero-order valence-corrected chi connectivity index (χ0v) is 20.8. The summed E-state index contributed by atoms with van der Waals surface area (Å²) < 4.78 is 12.3. The molecule has 0 unspecified atom stereocenters. The molecule has 33 heavy (non-hydrogen) atoms. The Morgan fingerprint density at radius 3 is 1.91 bits per heavy atom. The second-order valence-electron chi connectivity index (χ2n) is 8.83. The highest BCUT2D eigenvalue weighted by Gasteiger charge is 2.10. The number of hydrogen-bond acceptors (Lipinski definition) is 6. The van der Waals surface area contributed by atoms with E-state index in [-0.39, 0.29) is 5.95 Å². The highest BCUT2D eigenvalue weighted by molar-refractivity contribution is 5.48. The molecule has 0 aliphatic rings. The lowest BCUT2D eigenvalue weighted by Crippen LogP contribution is -2.05.